The Morgan fingerprint density at radius 2 is 2.10 bits per heavy atom. The van der Waals surface area contributed by atoms with Crippen LogP contribution in [-0.2, 0) is 0 Å². The van der Waals surface area contributed by atoms with E-state index in [1.54, 1.807) is 0 Å². The Kier molecular flexibility index (Phi) is 3.91. The Morgan fingerprint density at radius 1 is 1.40 bits per heavy atom. The molecule has 0 atom stereocenters. The summed E-state index contributed by atoms with van der Waals surface area (Å²) in [6.45, 7) is -1.58. The van der Waals surface area contributed by atoms with Gasteiger partial charge < -0.3 is 9.26 Å². The second-order valence-corrected chi connectivity index (χ2v) is 4.22. The fraction of sp³-hybridized carbons (Fsp3) is 0.222. The zero-order chi connectivity index (χ0) is 14.9. The van der Waals surface area contributed by atoms with Gasteiger partial charge in [-0.05, 0) is 0 Å². The molecule has 0 aliphatic carbocycles. The topological polar surface area (TPSA) is 81.0 Å². The SMILES string of the molecule is O=c1nc(-c2ncc(Cl)c(OCC(F)(F)F)c2Cl)[nH]o1. The van der Waals surface area contributed by atoms with Crippen molar-refractivity contribution < 1.29 is 22.4 Å². The molecule has 0 amide bonds. The van der Waals surface area contributed by atoms with Crippen molar-refractivity contribution in [1.82, 2.24) is 15.1 Å². The first-order valence-electron chi connectivity index (χ1n) is 4.87. The molecule has 20 heavy (non-hydrogen) atoms. The maximum absolute atomic E-state index is 12.1. The molecule has 0 aliphatic heterocycles. The summed E-state index contributed by atoms with van der Waals surface area (Å²) < 4.78 is 45.2. The fourth-order valence-corrected chi connectivity index (χ4v) is 1.77. The Hall–Kier alpha value is -1.74. The number of H-pyrrole nitrogens is 1. The molecule has 6 nitrogen and oxygen atoms in total. The molecular formula is C9H4Cl2F3N3O3. The number of nitrogens with one attached hydrogen (secondary N) is 1. The fourth-order valence-electron chi connectivity index (χ4n) is 1.23. The quantitative estimate of drug-likeness (QED) is 0.936. The lowest BCUT2D eigenvalue weighted by Gasteiger charge is -2.12. The zero-order valence-electron chi connectivity index (χ0n) is 9.29. The van der Waals surface area contributed by atoms with Gasteiger partial charge in [0.2, 0.25) is 0 Å². The highest BCUT2D eigenvalue weighted by molar-refractivity contribution is 6.38. The lowest BCUT2D eigenvalue weighted by atomic mass is 10.3. The smallest absolute Gasteiger partial charge is 0.460 e. The van der Waals surface area contributed by atoms with Crippen molar-refractivity contribution in [3.8, 4) is 17.3 Å². The molecule has 0 aromatic carbocycles. The molecule has 0 bridgehead atoms. The molecule has 0 radical (unpaired) electrons. The first-order valence-corrected chi connectivity index (χ1v) is 5.63. The third-order valence-corrected chi connectivity index (χ3v) is 2.59. The zero-order valence-corrected chi connectivity index (χ0v) is 10.8. The Morgan fingerprint density at radius 3 is 2.65 bits per heavy atom. The minimum atomic E-state index is -4.56. The van der Waals surface area contributed by atoms with E-state index in [9.17, 15) is 18.0 Å². The third-order valence-electron chi connectivity index (χ3n) is 1.97. The van der Waals surface area contributed by atoms with E-state index in [4.69, 9.17) is 23.2 Å². The third kappa shape index (κ3) is 3.23. The Bertz CT molecular complexity index is 683. The summed E-state index contributed by atoms with van der Waals surface area (Å²) in [5.74, 6) is -1.52. The van der Waals surface area contributed by atoms with Gasteiger partial charge in [0.1, 0.15) is 15.7 Å². The highest BCUT2D eigenvalue weighted by Crippen LogP contribution is 2.38. The van der Waals surface area contributed by atoms with Gasteiger partial charge in [-0.3, -0.25) is 0 Å². The van der Waals surface area contributed by atoms with Crippen molar-refractivity contribution in [2.45, 2.75) is 6.18 Å². The van der Waals surface area contributed by atoms with Crippen molar-refractivity contribution in [3.63, 3.8) is 0 Å². The van der Waals surface area contributed by atoms with Crippen LogP contribution in [0.25, 0.3) is 11.5 Å². The van der Waals surface area contributed by atoms with E-state index in [0.717, 1.165) is 6.20 Å². The number of hydrogen-bond donors (Lipinski definition) is 1. The van der Waals surface area contributed by atoms with Crippen LogP contribution in [0, 0.1) is 0 Å². The normalized spacial score (nSPS) is 11.7. The lowest BCUT2D eigenvalue weighted by molar-refractivity contribution is -0.153. The average Bonchev–Trinajstić information content (AvgIpc) is 2.74. The maximum atomic E-state index is 12.1. The van der Waals surface area contributed by atoms with Gasteiger partial charge in [0.15, 0.2) is 18.2 Å². The molecule has 2 aromatic heterocycles. The maximum Gasteiger partial charge on any atom is 0.460 e. The number of ether oxygens (including phenoxy) is 1. The number of aromatic amines is 1. The largest absolute Gasteiger partial charge is 0.481 e. The number of pyridine rings is 1. The minimum Gasteiger partial charge on any atom is -0.481 e. The highest BCUT2D eigenvalue weighted by atomic mass is 35.5. The molecule has 0 saturated carbocycles. The van der Waals surface area contributed by atoms with Crippen molar-refractivity contribution in [3.05, 3.63) is 26.8 Å². The second-order valence-electron chi connectivity index (χ2n) is 3.43. The first-order chi connectivity index (χ1) is 9.28. The van der Waals surface area contributed by atoms with E-state index in [2.05, 4.69) is 24.4 Å². The van der Waals surface area contributed by atoms with Gasteiger partial charge in [0.05, 0.1) is 6.20 Å². The summed E-state index contributed by atoms with van der Waals surface area (Å²) in [5, 5.41) is 1.57. The summed E-state index contributed by atoms with van der Waals surface area (Å²) in [4.78, 5) is 17.9. The number of hydrogen-bond acceptors (Lipinski definition) is 5. The number of aromatic nitrogens is 3. The van der Waals surface area contributed by atoms with Gasteiger partial charge in [0, 0.05) is 0 Å². The predicted octanol–water partition coefficient (Wildman–Crippen LogP) is 2.67. The van der Waals surface area contributed by atoms with E-state index in [0.29, 0.717) is 0 Å². The molecular weight excluding hydrogens is 326 g/mol. The van der Waals surface area contributed by atoms with Gasteiger partial charge in [-0.25, -0.2) is 9.78 Å². The molecule has 2 heterocycles. The average molecular weight is 330 g/mol. The van der Waals surface area contributed by atoms with Crippen LogP contribution in [0.1, 0.15) is 0 Å². The van der Waals surface area contributed by atoms with Crippen LogP contribution in [0.2, 0.25) is 10.0 Å². The number of nitrogens with zero attached hydrogens (tertiary/aromatic N) is 2. The van der Waals surface area contributed by atoms with Crippen molar-refractivity contribution in [2.75, 3.05) is 6.61 Å². The lowest BCUT2D eigenvalue weighted by Crippen LogP contribution is -2.19. The number of alkyl halides is 3. The van der Waals surface area contributed by atoms with Crippen molar-refractivity contribution >= 4 is 23.2 Å². The monoisotopic (exact) mass is 329 g/mol. The molecule has 0 saturated heterocycles. The number of rotatable bonds is 3. The van der Waals surface area contributed by atoms with E-state index < -0.39 is 24.3 Å². The minimum absolute atomic E-state index is 0.126. The second kappa shape index (κ2) is 5.33. The van der Waals surface area contributed by atoms with Gasteiger partial charge in [0.25, 0.3) is 0 Å². The molecule has 1 N–H and O–H groups in total. The van der Waals surface area contributed by atoms with Crippen molar-refractivity contribution in [2.24, 2.45) is 0 Å². The molecule has 108 valence electrons. The van der Waals surface area contributed by atoms with E-state index in [-0.39, 0.29) is 21.6 Å². The molecule has 0 unspecified atom stereocenters. The standard InChI is InChI=1S/C9H4Cl2F3N3O3/c10-3-1-15-5(7-16-8(18)20-17-7)4(11)6(3)19-2-9(12,13)14/h1H,2H2,(H,16,17,18). The predicted molar refractivity (Wildman–Crippen MR) is 61.9 cm³/mol. The van der Waals surface area contributed by atoms with Crippen LogP contribution in [0.4, 0.5) is 13.2 Å². The molecule has 0 fully saturated rings. The van der Waals surface area contributed by atoms with Crippen LogP contribution in [0.3, 0.4) is 0 Å². The summed E-state index contributed by atoms with van der Waals surface area (Å²) in [6.07, 6.45) is -3.54. The van der Waals surface area contributed by atoms with E-state index in [1.165, 1.54) is 0 Å². The van der Waals surface area contributed by atoms with Gasteiger partial charge in [-0.2, -0.15) is 23.3 Å². The molecule has 0 aliphatic rings. The summed E-state index contributed by atoms with van der Waals surface area (Å²) >= 11 is 11.5. The number of halogens is 5. The van der Waals surface area contributed by atoms with E-state index in [1.807, 2.05) is 0 Å². The first kappa shape index (κ1) is 14.7. The van der Waals surface area contributed by atoms with Crippen LogP contribution < -0.4 is 10.5 Å². The van der Waals surface area contributed by atoms with Crippen molar-refractivity contribution in [1.29, 1.82) is 0 Å². The molecule has 11 heteroatoms. The Balaban J connectivity index is 2.40. The molecule has 2 aromatic rings. The van der Waals surface area contributed by atoms with E-state index >= 15 is 0 Å². The summed E-state index contributed by atoms with van der Waals surface area (Å²) in [6, 6.07) is 0. The van der Waals surface area contributed by atoms with Crippen LogP contribution in [0.15, 0.2) is 15.5 Å². The van der Waals surface area contributed by atoms with Gasteiger partial charge in [-0.1, -0.05) is 23.2 Å². The Labute approximate surface area is 118 Å². The van der Waals surface area contributed by atoms with Crippen LogP contribution >= 0.6 is 23.2 Å². The van der Waals surface area contributed by atoms with Gasteiger partial charge in [-0.15, -0.1) is 0 Å². The molecule has 2 rings (SSSR count). The van der Waals surface area contributed by atoms with Crippen LogP contribution in [-0.4, -0.2) is 27.9 Å². The highest BCUT2D eigenvalue weighted by Gasteiger charge is 2.30. The molecule has 0 spiro atoms. The van der Waals surface area contributed by atoms with Crippen LogP contribution in [0.5, 0.6) is 5.75 Å². The summed E-state index contributed by atoms with van der Waals surface area (Å²) in [5.41, 5.74) is -0.126. The van der Waals surface area contributed by atoms with Gasteiger partial charge >= 0.3 is 11.9 Å². The summed E-state index contributed by atoms with van der Waals surface area (Å²) in [7, 11) is 0.